The van der Waals surface area contributed by atoms with Crippen LogP contribution in [0, 0.1) is 0 Å². The average Bonchev–Trinajstić information content (AvgIpc) is 2.17. The van der Waals surface area contributed by atoms with Gasteiger partial charge in [-0.05, 0) is 17.7 Å². The van der Waals surface area contributed by atoms with E-state index < -0.39 is 0 Å². The van der Waals surface area contributed by atoms with Gasteiger partial charge in [0, 0.05) is 17.8 Å². The summed E-state index contributed by atoms with van der Waals surface area (Å²) in [5, 5.41) is 1.10. The van der Waals surface area contributed by atoms with Crippen molar-refractivity contribution < 1.29 is 0 Å². The molecule has 0 unspecified atom stereocenters. The molecule has 0 N–H and O–H groups in total. The van der Waals surface area contributed by atoms with Gasteiger partial charge in [-0.1, -0.05) is 12.7 Å². The maximum absolute atomic E-state index is 4.22. The second-order valence-electron chi connectivity index (χ2n) is 2.54. The minimum atomic E-state index is 0.920. The molecule has 2 heteroatoms. The summed E-state index contributed by atoms with van der Waals surface area (Å²) in [5.41, 5.74) is 1.96. The first kappa shape index (κ1) is 6.98. The van der Waals surface area contributed by atoms with Gasteiger partial charge < -0.3 is 0 Å². The van der Waals surface area contributed by atoms with Gasteiger partial charge in [-0.2, -0.15) is 0 Å². The van der Waals surface area contributed by atoms with Crippen molar-refractivity contribution in [1.82, 2.24) is 9.97 Å². The van der Waals surface area contributed by atoms with Gasteiger partial charge in [0.05, 0.1) is 11.7 Å². The monoisotopic (exact) mass is 156 g/mol. The molecule has 2 aromatic heterocycles. The van der Waals surface area contributed by atoms with Gasteiger partial charge in [0.25, 0.3) is 0 Å². The van der Waals surface area contributed by atoms with Crippen LogP contribution in [0.25, 0.3) is 17.0 Å². The van der Waals surface area contributed by atoms with Crippen molar-refractivity contribution in [3.63, 3.8) is 0 Å². The fourth-order valence-corrected chi connectivity index (χ4v) is 1.10. The molecule has 0 radical (unpaired) electrons. The van der Waals surface area contributed by atoms with Crippen molar-refractivity contribution in [2.45, 2.75) is 0 Å². The summed E-state index contributed by atoms with van der Waals surface area (Å²) in [6.45, 7) is 3.68. The van der Waals surface area contributed by atoms with E-state index in [1.165, 1.54) is 0 Å². The highest BCUT2D eigenvalue weighted by Gasteiger charge is 1.93. The Hall–Kier alpha value is -1.70. The van der Waals surface area contributed by atoms with Crippen molar-refractivity contribution in [2.75, 3.05) is 0 Å². The Bertz CT molecular complexity index is 421. The number of nitrogens with zero attached hydrogens (tertiary/aromatic N) is 2. The van der Waals surface area contributed by atoms with Crippen LogP contribution in [0.2, 0.25) is 0 Å². The first-order valence-electron chi connectivity index (χ1n) is 3.72. The summed E-state index contributed by atoms with van der Waals surface area (Å²) in [6.07, 6.45) is 7.09. The molecule has 0 saturated carbocycles. The van der Waals surface area contributed by atoms with Gasteiger partial charge >= 0.3 is 0 Å². The van der Waals surface area contributed by atoms with Crippen LogP contribution in [0.1, 0.15) is 5.56 Å². The first-order chi connectivity index (χ1) is 5.90. The van der Waals surface area contributed by atoms with Crippen molar-refractivity contribution >= 4 is 17.0 Å². The second kappa shape index (κ2) is 2.74. The molecular weight excluding hydrogens is 148 g/mol. The summed E-state index contributed by atoms with van der Waals surface area (Å²) in [7, 11) is 0. The van der Waals surface area contributed by atoms with Crippen molar-refractivity contribution in [3.8, 4) is 0 Å². The van der Waals surface area contributed by atoms with E-state index in [0.717, 1.165) is 16.5 Å². The van der Waals surface area contributed by atoms with Gasteiger partial charge in [-0.15, -0.1) is 0 Å². The minimum Gasteiger partial charge on any atom is -0.262 e. The van der Waals surface area contributed by atoms with Gasteiger partial charge in [0.1, 0.15) is 0 Å². The highest BCUT2D eigenvalue weighted by Crippen LogP contribution is 2.11. The van der Waals surface area contributed by atoms with Crippen molar-refractivity contribution in [3.05, 3.63) is 42.9 Å². The van der Waals surface area contributed by atoms with Crippen LogP contribution in [0.4, 0.5) is 0 Å². The zero-order valence-corrected chi connectivity index (χ0v) is 6.57. The van der Waals surface area contributed by atoms with Crippen LogP contribution in [-0.4, -0.2) is 9.97 Å². The normalized spacial score (nSPS) is 10.0. The third-order valence-corrected chi connectivity index (χ3v) is 1.74. The summed E-state index contributed by atoms with van der Waals surface area (Å²) >= 11 is 0. The Morgan fingerprint density at radius 2 is 2.25 bits per heavy atom. The predicted molar refractivity (Wildman–Crippen MR) is 49.6 cm³/mol. The molecule has 12 heavy (non-hydrogen) atoms. The van der Waals surface area contributed by atoms with Gasteiger partial charge in [-0.3, -0.25) is 9.97 Å². The summed E-state index contributed by atoms with van der Waals surface area (Å²) < 4.78 is 0. The SMILES string of the molecule is C=Cc1cnc2cnccc2c1. The molecule has 2 aromatic rings. The minimum absolute atomic E-state index is 0.920. The quantitative estimate of drug-likeness (QED) is 0.633. The van der Waals surface area contributed by atoms with Gasteiger partial charge in [0.2, 0.25) is 0 Å². The van der Waals surface area contributed by atoms with Gasteiger partial charge in [0.15, 0.2) is 0 Å². The van der Waals surface area contributed by atoms with Crippen molar-refractivity contribution in [2.24, 2.45) is 0 Å². The summed E-state index contributed by atoms with van der Waals surface area (Å²) in [5.74, 6) is 0. The Labute approximate surface area is 70.6 Å². The van der Waals surface area contributed by atoms with E-state index in [1.807, 2.05) is 12.1 Å². The molecule has 0 bridgehead atoms. The smallest absolute Gasteiger partial charge is 0.0885 e. The molecule has 0 aliphatic heterocycles. The number of aromatic nitrogens is 2. The molecular formula is C10H8N2. The van der Waals surface area contributed by atoms with Crippen LogP contribution in [-0.2, 0) is 0 Å². The molecule has 0 aliphatic carbocycles. The number of hydrogen-bond donors (Lipinski definition) is 0. The summed E-state index contributed by atoms with van der Waals surface area (Å²) in [6, 6.07) is 3.98. The molecule has 0 amide bonds. The molecule has 0 saturated heterocycles. The molecule has 0 aliphatic rings. The molecule has 2 rings (SSSR count). The van der Waals surface area contributed by atoms with Crippen LogP contribution in [0.3, 0.4) is 0 Å². The molecule has 58 valence electrons. The zero-order valence-electron chi connectivity index (χ0n) is 6.57. The maximum atomic E-state index is 4.22. The first-order valence-corrected chi connectivity index (χ1v) is 3.72. The van der Waals surface area contributed by atoms with E-state index in [1.54, 1.807) is 24.7 Å². The lowest BCUT2D eigenvalue weighted by molar-refractivity contribution is 1.31. The highest BCUT2D eigenvalue weighted by molar-refractivity contribution is 5.79. The predicted octanol–water partition coefficient (Wildman–Crippen LogP) is 2.27. The fraction of sp³-hybridized carbons (Fsp3) is 0. The Balaban J connectivity index is 2.75. The molecule has 0 spiro atoms. The van der Waals surface area contributed by atoms with Crippen LogP contribution < -0.4 is 0 Å². The van der Waals surface area contributed by atoms with E-state index >= 15 is 0 Å². The summed E-state index contributed by atoms with van der Waals surface area (Å²) in [4.78, 5) is 8.20. The molecule has 0 atom stereocenters. The van der Waals surface area contributed by atoms with E-state index in [4.69, 9.17) is 0 Å². The molecule has 0 fully saturated rings. The molecule has 2 heterocycles. The standard InChI is InChI=1S/C10H8N2/c1-2-8-5-9-3-4-11-7-10(9)12-6-8/h2-7H,1H2. The Kier molecular flexibility index (Phi) is 1.59. The van der Waals surface area contributed by atoms with E-state index in [-0.39, 0.29) is 0 Å². The van der Waals surface area contributed by atoms with Crippen molar-refractivity contribution in [1.29, 1.82) is 0 Å². The number of hydrogen-bond acceptors (Lipinski definition) is 2. The van der Waals surface area contributed by atoms with Gasteiger partial charge in [-0.25, -0.2) is 0 Å². The number of fused-ring (bicyclic) bond motifs is 1. The second-order valence-corrected chi connectivity index (χ2v) is 2.54. The zero-order chi connectivity index (χ0) is 8.39. The van der Waals surface area contributed by atoms with Crippen LogP contribution in [0.15, 0.2) is 37.3 Å². The number of pyridine rings is 2. The lowest BCUT2D eigenvalue weighted by Gasteiger charge is -1.96. The van der Waals surface area contributed by atoms with E-state index in [9.17, 15) is 0 Å². The third-order valence-electron chi connectivity index (χ3n) is 1.74. The van der Waals surface area contributed by atoms with Crippen LogP contribution in [0.5, 0.6) is 0 Å². The molecule has 2 nitrogen and oxygen atoms in total. The lowest BCUT2D eigenvalue weighted by Crippen LogP contribution is -1.81. The van der Waals surface area contributed by atoms with E-state index in [2.05, 4.69) is 16.5 Å². The highest BCUT2D eigenvalue weighted by atomic mass is 14.7. The molecule has 0 aromatic carbocycles. The van der Waals surface area contributed by atoms with E-state index in [0.29, 0.717) is 0 Å². The Morgan fingerprint density at radius 1 is 1.33 bits per heavy atom. The largest absolute Gasteiger partial charge is 0.262 e. The lowest BCUT2D eigenvalue weighted by atomic mass is 10.2. The fourth-order valence-electron chi connectivity index (χ4n) is 1.10. The topological polar surface area (TPSA) is 25.8 Å². The maximum Gasteiger partial charge on any atom is 0.0885 e. The Morgan fingerprint density at radius 3 is 3.08 bits per heavy atom. The average molecular weight is 156 g/mol. The number of rotatable bonds is 1. The third kappa shape index (κ3) is 1.07. The van der Waals surface area contributed by atoms with Crippen LogP contribution >= 0.6 is 0 Å².